The molecule has 19 heteroatoms. The van der Waals surface area contributed by atoms with Gasteiger partial charge < -0.3 is 33.8 Å². The molecular weight excluding hydrogens is 1030 g/mol. The topological polar surface area (TPSA) is 237 Å². The predicted molar refractivity (Wildman–Crippen MR) is 303 cm³/mol. The molecule has 0 rings (SSSR count). The molecule has 0 bridgehead atoms. The molecule has 2 unspecified atom stereocenters. The standard InChI is InChI=1S/C58H112O17P2/c1-8-9-10-22-32-39-55(60)68-45-53(75-58(63)42-35-28-21-20-25-31-38-51(6)7)47-72-76(64,65)70-43-52(59)44-71-77(66,67)73-48-54(46-69-56(61)40-33-26-19-15-17-24-30-37-50(4)5)74-57(62)41-34-27-18-14-12-11-13-16-23-29-36-49(2)3/h49-54,59H,8-48H2,1-7H3,(H,64,65)(H,66,67)/t52-,53+,54+/m0/s1. The van der Waals surface area contributed by atoms with Crippen LogP contribution >= 0.6 is 15.6 Å². The average molecular weight is 1140 g/mol. The van der Waals surface area contributed by atoms with E-state index in [0.717, 1.165) is 109 Å². The maximum Gasteiger partial charge on any atom is 0.472 e. The summed E-state index contributed by atoms with van der Waals surface area (Å²) in [7, 11) is -9.87. The molecule has 5 atom stereocenters. The Bertz CT molecular complexity index is 1550. The fourth-order valence-electron chi connectivity index (χ4n) is 8.42. The van der Waals surface area contributed by atoms with Crippen molar-refractivity contribution in [2.24, 2.45) is 17.8 Å². The summed E-state index contributed by atoms with van der Waals surface area (Å²) >= 11 is 0. The fourth-order valence-corrected chi connectivity index (χ4v) is 10.00. The van der Waals surface area contributed by atoms with E-state index in [2.05, 4.69) is 48.5 Å². The number of rotatable bonds is 56. The molecule has 0 saturated heterocycles. The van der Waals surface area contributed by atoms with Crippen LogP contribution in [0, 0.1) is 17.8 Å². The van der Waals surface area contributed by atoms with Crippen molar-refractivity contribution in [3.63, 3.8) is 0 Å². The van der Waals surface area contributed by atoms with Crippen LogP contribution in [0.25, 0.3) is 0 Å². The average Bonchev–Trinajstić information content (AvgIpc) is 3.37. The van der Waals surface area contributed by atoms with Gasteiger partial charge in [-0.15, -0.1) is 0 Å². The monoisotopic (exact) mass is 1140 g/mol. The van der Waals surface area contributed by atoms with Gasteiger partial charge in [0, 0.05) is 25.7 Å². The highest BCUT2D eigenvalue weighted by Gasteiger charge is 2.30. The zero-order valence-corrected chi connectivity index (χ0v) is 51.2. The highest BCUT2D eigenvalue weighted by Crippen LogP contribution is 2.45. The van der Waals surface area contributed by atoms with Gasteiger partial charge in [-0.05, 0) is 43.4 Å². The molecule has 0 aliphatic rings. The van der Waals surface area contributed by atoms with Crippen molar-refractivity contribution in [3.8, 4) is 0 Å². The first-order valence-corrected chi connectivity index (χ1v) is 33.3. The van der Waals surface area contributed by atoms with Gasteiger partial charge in [-0.2, -0.15) is 0 Å². The Labute approximate surface area is 467 Å². The number of hydrogen-bond donors (Lipinski definition) is 3. The molecule has 0 aromatic carbocycles. The number of ether oxygens (including phenoxy) is 4. The smallest absolute Gasteiger partial charge is 0.462 e. The van der Waals surface area contributed by atoms with Crippen molar-refractivity contribution in [2.75, 3.05) is 39.6 Å². The van der Waals surface area contributed by atoms with Gasteiger partial charge in [0.25, 0.3) is 0 Å². The van der Waals surface area contributed by atoms with Gasteiger partial charge in [0.15, 0.2) is 12.2 Å². The van der Waals surface area contributed by atoms with Crippen molar-refractivity contribution >= 4 is 39.5 Å². The summed E-state index contributed by atoms with van der Waals surface area (Å²) in [5.74, 6) is -0.0329. The molecular formula is C58H112O17P2. The molecule has 0 aliphatic carbocycles. The van der Waals surface area contributed by atoms with E-state index in [0.29, 0.717) is 37.5 Å². The van der Waals surface area contributed by atoms with E-state index in [4.69, 9.17) is 37.0 Å². The molecule has 0 spiro atoms. The molecule has 0 aromatic heterocycles. The Hall–Kier alpha value is -1.94. The molecule has 3 N–H and O–H groups in total. The first kappa shape index (κ1) is 75.1. The summed E-state index contributed by atoms with van der Waals surface area (Å²) < 4.78 is 67.5. The summed E-state index contributed by atoms with van der Waals surface area (Å²) in [4.78, 5) is 71.6. The van der Waals surface area contributed by atoms with Crippen molar-refractivity contribution < 1.29 is 80.2 Å². The molecule has 0 aliphatic heterocycles. The van der Waals surface area contributed by atoms with E-state index in [1.165, 1.54) is 70.6 Å². The highest BCUT2D eigenvalue weighted by atomic mass is 31.2. The van der Waals surface area contributed by atoms with E-state index in [1.807, 2.05) is 0 Å². The van der Waals surface area contributed by atoms with E-state index in [1.54, 1.807) is 0 Å². The summed E-state index contributed by atoms with van der Waals surface area (Å²) in [6, 6.07) is 0. The van der Waals surface area contributed by atoms with Gasteiger partial charge in [0.05, 0.1) is 26.4 Å². The van der Waals surface area contributed by atoms with Crippen molar-refractivity contribution in [3.05, 3.63) is 0 Å². The lowest BCUT2D eigenvalue weighted by Gasteiger charge is -2.21. The second kappa shape index (κ2) is 49.8. The minimum absolute atomic E-state index is 0.100. The predicted octanol–water partition coefficient (Wildman–Crippen LogP) is 15.2. The molecule has 0 saturated carbocycles. The number of aliphatic hydroxyl groups is 1. The van der Waals surface area contributed by atoms with Crippen LogP contribution in [-0.4, -0.2) is 96.7 Å². The minimum atomic E-state index is -4.94. The summed E-state index contributed by atoms with van der Waals surface area (Å²) in [6.45, 7) is 11.5. The number of carbonyl (C=O) groups excluding carboxylic acids is 4. The van der Waals surface area contributed by atoms with Gasteiger partial charge in [-0.1, -0.05) is 222 Å². The number of phosphoric ester groups is 2. The van der Waals surface area contributed by atoms with E-state index in [-0.39, 0.29) is 25.7 Å². The van der Waals surface area contributed by atoms with Crippen LogP contribution in [-0.2, 0) is 65.4 Å². The normalized spacial score (nSPS) is 14.6. The van der Waals surface area contributed by atoms with E-state index >= 15 is 0 Å². The first-order chi connectivity index (χ1) is 36.7. The van der Waals surface area contributed by atoms with Crippen LogP contribution in [0.2, 0.25) is 0 Å². The maximum atomic E-state index is 12.9. The Morgan fingerprint density at radius 3 is 0.883 bits per heavy atom. The first-order valence-electron chi connectivity index (χ1n) is 30.3. The highest BCUT2D eigenvalue weighted by molar-refractivity contribution is 7.47. The largest absolute Gasteiger partial charge is 0.472 e. The van der Waals surface area contributed by atoms with E-state index in [9.17, 15) is 43.2 Å². The second-order valence-electron chi connectivity index (χ2n) is 22.5. The van der Waals surface area contributed by atoms with Crippen LogP contribution in [0.3, 0.4) is 0 Å². The zero-order valence-electron chi connectivity index (χ0n) is 49.4. The SMILES string of the molecule is CCCCCCCC(=O)OC[C@H](COP(=O)(O)OC[C@H](O)COP(=O)(O)OC[C@@H](COC(=O)CCCCCCCCCC(C)C)OC(=O)CCCCCCCCCCCCC(C)C)OC(=O)CCCCCCCCC(C)C. The van der Waals surface area contributed by atoms with Gasteiger partial charge >= 0.3 is 39.5 Å². The molecule has 0 fully saturated rings. The number of phosphoric acid groups is 2. The number of carbonyl (C=O) groups is 4. The fraction of sp³-hybridized carbons (Fsp3) is 0.931. The molecule has 0 radical (unpaired) electrons. The molecule has 0 amide bonds. The minimum Gasteiger partial charge on any atom is -0.462 e. The van der Waals surface area contributed by atoms with Crippen molar-refractivity contribution in [1.82, 2.24) is 0 Å². The number of hydrogen-bond acceptors (Lipinski definition) is 15. The van der Waals surface area contributed by atoms with Crippen LogP contribution in [0.1, 0.15) is 273 Å². The third-order valence-corrected chi connectivity index (χ3v) is 15.0. The van der Waals surface area contributed by atoms with Crippen LogP contribution in [0.4, 0.5) is 0 Å². The van der Waals surface area contributed by atoms with Crippen molar-refractivity contribution in [2.45, 2.75) is 292 Å². The Morgan fingerprint density at radius 2 is 0.597 bits per heavy atom. The van der Waals surface area contributed by atoms with Crippen LogP contribution in [0.5, 0.6) is 0 Å². The van der Waals surface area contributed by atoms with Crippen molar-refractivity contribution in [1.29, 1.82) is 0 Å². The van der Waals surface area contributed by atoms with Gasteiger partial charge in [0.1, 0.15) is 19.3 Å². The molecule has 0 aromatic rings. The van der Waals surface area contributed by atoms with Gasteiger partial charge in [0.2, 0.25) is 0 Å². The van der Waals surface area contributed by atoms with Gasteiger partial charge in [-0.25, -0.2) is 9.13 Å². The quantitative estimate of drug-likeness (QED) is 0.0222. The van der Waals surface area contributed by atoms with Gasteiger partial charge in [-0.3, -0.25) is 37.3 Å². The summed E-state index contributed by atoms with van der Waals surface area (Å²) in [6.07, 6.45) is 28.6. The number of esters is 4. The third kappa shape index (κ3) is 53.2. The third-order valence-electron chi connectivity index (χ3n) is 13.1. The Balaban J connectivity index is 5.19. The van der Waals surface area contributed by atoms with Crippen LogP contribution < -0.4 is 0 Å². The van der Waals surface area contributed by atoms with E-state index < -0.39 is 97.5 Å². The number of aliphatic hydroxyl groups excluding tert-OH is 1. The van der Waals surface area contributed by atoms with Crippen LogP contribution in [0.15, 0.2) is 0 Å². The second-order valence-corrected chi connectivity index (χ2v) is 25.4. The number of unbranched alkanes of at least 4 members (excludes halogenated alkanes) is 24. The molecule has 0 heterocycles. The molecule has 17 nitrogen and oxygen atoms in total. The lowest BCUT2D eigenvalue weighted by molar-refractivity contribution is -0.161. The summed E-state index contributed by atoms with van der Waals surface area (Å²) in [5, 5.41) is 10.5. The lowest BCUT2D eigenvalue weighted by Crippen LogP contribution is -2.30. The molecule has 456 valence electrons. The molecule has 77 heavy (non-hydrogen) atoms. The Kier molecular flexibility index (Phi) is 48.6. The lowest BCUT2D eigenvalue weighted by atomic mass is 10.0. The Morgan fingerprint density at radius 1 is 0.351 bits per heavy atom. The zero-order chi connectivity index (χ0) is 57.4. The maximum absolute atomic E-state index is 12.9. The summed E-state index contributed by atoms with van der Waals surface area (Å²) in [5.41, 5.74) is 0.